The second-order valence-electron chi connectivity index (χ2n) is 12.0. The van der Waals surface area contributed by atoms with Gasteiger partial charge in [-0.25, -0.2) is 23.5 Å². The van der Waals surface area contributed by atoms with E-state index in [2.05, 4.69) is 15.2 Å². The Hall–Kier alpha value is -4.30. The smallest absolute Gasteiger partial charge is 0.398 e. The highest BCUT2D eigenvalue weighted by Gasteiger charge is 2.65. The first-order chi connectivity index (χ1) is 21.9. The number of rotatable bonds is 6. The first-order valence-corrected chi connectivity index (χ1v) is 15.1. The minimum atomic E-state index is -4.59. The van der Waals surface area contributed by atoms with Crippen LogP contribution in [0.15, 0.2) is 42.7 Å². The standard InChI is InChI=1S/C31H27ClF4N6O4/c32-21-3-1-2-20(30(8-9-30)31(34,35)36)25(21)28(44)42-23-13-16(27(43)40-10-11-41-24(14-40)37-15-38-41)4-7-19(23)26(39-42)18-6-5-17(29(45)46)12-22(18)33/h1-3,5-6,12,15-16,28,44H,4,7-11,13-14H2,(H,45,46). The van der Waals surface area contributed by atoms with E-state index in [1.807, 2.05) is 0 Å². The van der Waals surface area contributed by atoms with Gasteiger partial charge in [-0.15, -0.1) is 0 Å². The maximum atomic E-state index is 15.4. The molecule has 0 spiro atoms. The number of aliphatic hydroxyl groups excluding tert-OH is 1. The summed E-state index contributed by atoms with van der Waals surface area (Å²) in [6.45, 7) is 1.15. The van der Waals surface area contributed by atoms with Gasteiger partial charge in [0.25, 0.3) is 0 Å². The van der Waals surface area contributed by atoms with Gasteiger partial charge in [0.05, 0.1) is 29.8 Å². The maximum Gasteiger partial charge on any atom is 0.398 e. The molecule has 2 aromatic carbocycles. The molecule has 0 bridgehead atoms. The van der Waals surface area contributed by atoms with Crippen molar-refractivity contribution in [2.75, 3.05) is 6.54 Å². The normalized spacial score (nSPS) is 19.3. The highest BCUT2D eigenvalue weighted by atomic mass is 35.5. The number of amides is 1. The molecule has 1 saturated carbocycles. The van der Waals surface area contributed by atoms with Crippen LogP contribution < -0.4 is 0 Å². The molecule has 10 nitrogen and oxygen atoms in total. The number of aromatic carboxylic acids is 1. The molecular weight excluding hydrogens is 632 g/mol. The summed E-state index contributed by atoms with van der Waals surface area (Å²) in [5, 5.41) is 29.7. The molecule has 3 heterocycles. The molecule has 3 aliphatic rings. The summed E-state index contributed by atoms with van der Waals surface area (Å²) in [5.74, 6) is -2.27. The molecule has 4 aromatic rings. The quantitative estimate of drug-likeness (QED) is 0.282. The van der Waals surface area contributed by atoms with Crippen LogP contribution in [0.4, 0.5) is 17.6 Å². The number of carboxylic acid groups (broad SMARTS) is 1. The predicted octanol–water partition coefficient (Wildman–Crippen LogP) is 4.91. The number of carboxylic acids is 1. The lowest BCUT2D eigenvalue weighted by Crippen LogP contribution is -2.43. The van der Waals surface area contributed by atoms with Crippen LogP contribution >= 0.6 is 11.6 Å². The van der Waals surface area contributed by atoms with Crippen molar-refractivity contribution in [3.63, 3.8) is 0 Å². The molecule has 46 heavy (non-hydrogen) atoms. The van der Waals surface area contributed by atoms with E-state index in [4.69, 9.17) is 11.6 Å². The molecule has 1 amide bonds. The van der Waals surface area contributed by atoms with Crippen LogP contribution in [0, 0.1) is 11.7 Å². The van der Waals surface area contributed by atoms with E-state index < -0.39 is 35.5 Å². The van der Waals surface area contributed by atoms with Crippen LogP contribution in [0.5, 0.6) is 0 Å². The maximum absolute atomic E-state index is 15.4. The lowest BCUT2D eigenvalue weighted by molar-refractivity contribution is -0.161. The molecule has 240 valence electrons. The number of carbonyl (C=O) groups excluding carboxylic acids is 1. The highest BCUT2D eigenvalue weighted by molar-refractivity contribution is 6.31. The molecule has 7 rings (SSSR count). The van der Waals surface area contributed by atoms with Gasteiger partial charge in [-0.05, 0) is 55.5 Å². The third-order valence-electron chi connectivity index (χ3n) is 9.39. The summed E-state index contributed by atoms with van der Waals surface area (Å²) in [5.41, 5.74) is -1.85. The number of hydrogen-bond donors (Lipinski definition) is 2. The molecule has 0 saturated heterocycles. The Labute approximate surface area is 264 Å². The van der Waals surface area contributed by atoms with E-state index in [9.17, 15) is 33.0 Å². The fourth-order valence-corrected chi connectivity index (χ4v) is 7.06. The van der Waals surface area contributed by atoms with E-state index in [0.29, 0.717) is 36.6 Å². The van der Waals surface area contributed by atoms with Crippen molar-refractivity contribution in [2.24, 2.45) is 5.92 Å². The van der Waals surface area contributed by atoms with E-state index >= 15 is 4.39 Å². The molecule has 15 heteroatoms. The minimum Gasteiger partial charge on any atom is -0.478 e. The third-order valence-corrected chi connectivity index (χ3v) is 9.72. The fraction of sp³-hybridized carbons (Fsp3) is 0.387. The Morgan fingerprint density at radius 3 is 2.61 bits per heavy atom. The van der Waals surface area contributed by atoms with Crippen molar-refractivity contribution in [1.82, 2.24) is 29.4 Å². The summed E-state index contributed by atoms with van der Waals surface area (Å²) >= 11 is 6.49. The van der Waals surface area contributed by atoms with E-state index in [-0.39, 0.29) is 71.1 Å². The van der Waals surface area contributed by atoms with Crippen LogP contribution in [-0.2, 0) is 36.1 Å². The average Bonchev–Trinajstić information content (AvgIpc) is 3.58. The average molecular weight is 659 g/mol. The third kappa shape index (κ3) is 4.85. The van der Waals surface area contributed by atoms with Crippen molar-refractivity contribution in [1.29, 1.82) is 0 Å². The number of alkyl halides is 3. The number of nitrogens with zero attached hydrogens (tertiary/aromatic N) is 6. The Morgan fingerprint density at radius 1 is 1.13 bits per heavy atom. The van der Waals surface area contributed by atoms with E-state index in [0.717, 1.165) is 10.7 Å². The monoisotopic (exact) mass is 658 g/mol. The molecular formula is C31H27ClF4N6O4. The van der Waals surface area contributed by atoms with Gasteiger partial charge in [-0.2, -0.15) is 23.4 Å². The molecule has 1 aliphatic heterocycles. The van der Waals surface area contributed by atoms with Gasteiger partial charge in [0.15, 0.2) is 6.23 Å². The summed E-state index contributed by atoms with van der Waals surface area (Å²) in [7, 11) is 0. The fourth-order valence-electron chi connectivity index (χ4n) is 6.78. The predicted molar refractivity (Wildman–Crippen MR) is 154 cm³/mol. The van der Waals surface area contributed by atoms with E-state index in [1.54, 1.807) is 9.58 Å². The van der Waals surface area contributed by atoms with Crippen LogP contribution in [0.2, 0.25) is 5.02 Å². The van der Waals surface area contributed by atoms with Crippen molar-refractivity contribution < 1.29 is 37.4 Å². The Kier molecular flexibility index (Phi) is 7.20. The molecule has 1 fully saturated rings. The second kappa shape index (κ2) is 10.9. The molecule has 2 aliphatic carbocycles. The lowest BCUT2D eigenvalue weighted by atomic mass is 9.84. The number of benzene rings is 2. The Morgan fingerprint density at radius 2 is 1.91 bits per heavy atom. The van der Waals surface area contributed by atoms with Crippen LogP contribution in [0.3, 0.4) is 0 Å². The van der Waals surface area contributed by atoms with Gasteiger partial charge >= 0.3 is 12.1 Å². The number of carbonyl (C=O) groups is 2. The SMILES string of the molecule is O=C(O)c1ccc(-c2nn(C(O)c3c(Cl)cccc3C3(C(F)(F)F)CC3)c3c2CCC(C(=O)N2CCn4ncnc4C2)C3)c(F)c1. The largest absolute Gasteiger partial charge is 0.478 e. The Bertz CT molecular complexity index is 1880. The number of aliphatic hydroxyl groups is 1. The van der Waals surface area contributed by atoms with Gasteiger partial charge in [0.2, 0.25) is 5.91 Å². The van der Waals surface area contributed by atoms with Crippen molar-refractivity contribution >= 4 is 23.5 Å². The zero-order chi connectivity index (χ0) is 32.5. The summed E-state index contributed by atoms with van der Waals surface area (Å²) in [4.78, 5) is 31.1. The number of aromatic nitrogens is 5. The first-order valence-electron chi connectivity index (χ1n) is 14.7. The summed E-state index contributed by atoms with van der Waals surface area (Å²) in [6, 6.07) is 7.43. The van der Waals surface area contributed by atoms with Crippen molar-refractivity contribution in [2.45, 2.75) is 63.0 Å². The van der Waals surface area contributed by atoms with Gasteiger partial charge in [-0.3, -0.25) is 4.79 Å². The van der Waals surface area contributed by atoms with Crippen molar-refractivity contribution in [3.8, 4) is 11.3 Å². The number of fused-ring (bicyclic) bond motifs is 2. The second-order valence-corrected chi connectivity index (χ2v) is 12.4. The van der Waals surface area contributed by atoms with Crippen LogP contribution in [0.25, 0.3) is 11.3 Å². The Balaban J connectivity index is 1.32. The van der Waals surface area contributed by atoms with E-state index in [1.165, 1.54) is 36.7 Å². The molecule has 0 radical (unpaired) electrons. The number of halogens is 5. The molecule has 2 unspecified atom stereocenters. The first kappa shape index (κ1) is 30.4. The van der Waals surface area contributed by atoms with Gasteiger partial charge < -0.3 is 15.1 Å². The number of hydrogen-bond acceptors (Lipinski definition) is 6. The molecule has 2 N–H and O–H groups in total. The van der Waals surface area contributed by atoms with Crippen LogP contribution in [-0.4, -0.2) is 64.3 Å². The van der Waals surface area contributed by atoms with Gasteiger partial charge in [0.1, 0.15) is 18.0 Å². The van der Waals surface area contributed by atoms with Gasteiger partial charge in [-0.1, -0.05) is 23.7 Å². The summed E-state index contributed by atoms with van der Waals surface area (Å²) < 4.78 is 61.1. The van der Waals surface area contributed by atoms with Crippen molar-refractivity contribution in [3.05, 3.63) is 87.3 Å². The molecule has 2 aromatic heterocycles. The zero-order valence-electron chi connectivity index (χ0n) is 24.1. The zero-order valence-corrected chi connectivity index (χ0v) is 24.9. The highest BCUT2D eigenvalue weighted by Crippen LogP contribution is 2.60. The lowest BCUT2D eigenvalue weighted by Gasteiger charge is -2.32. The molecule has 2 atom stereocenters. The summed E-state index contributed by atoms with van der Waals surface area (Å²) in [6.07, 6.45) is -4.61. The van der Waals surface area contributed by atoms with Gasteiger partial charge in [0, 0.05) is 46.3 Å². The van der Waals surface area contributed by atoms with Crippen LogP contribution in [0.1, 0.15) is 64.1 Å². The topological polar surface area (TPSA) is 126 Å². The minimum absolute atomic E-state index is 0.0410.